The lowest BCUT2D eigenvalue weighted by Gasteiger charge is -2.39. The van der Waals surface area contributed by atoms with Gasteiger partial charge in [-0.1, -0.05) is 18.2 Å². The minimum Gasteiger partial charge on any atom is -0.489 e. The summed E-state index contributed by atoms with van der Waals surface area (Å²) in [5, 5.41) is 13.1. The number of pyridine rings is 1. The molecule has 10 heteroatoms. The van der Waals surface area contributed by atoms with Gasteiger partial charge in [-0.25, -0.2) is 10.3 Å². The molecule has 0 unspecified atom stereocenters. The molecule has 1 aromatic heterocycles. The number of aromatic nitrogens is 1. The van der Waals surface area contributed by atoms with Gasteiger partial charge in [-0.2, -0.15) is 0 Å². The average Bonchev–Trinajstić information content (AvgIpc) is 2.91. The standard InChI is InChI=1S/C30H36N4O6/c1-19-15-22(24-7-5-6-8-26(24)31-19)18-39-23-11-9-20(10-12-23)28(36)32-25-13-14-34(29(37)40-30(2,3)4)17-21(25)16-27(35)33-38/h5-12,15,21,25,38H,13-14,16-18H2,1-4H3,(H,32,36)(H,33,35)/t21-,25-/m0/s1. The van der Waals surface area contributed by atoms with E-state index in [0.717, 1.165) is 22.2 Å². The molecule has 40 heavy (non-hydrogen) atoms. The molecular weight excluding hydrogens is 512 g/mol. The van der Waals surface area contributed by atoms with Gasteiger partial charge < -0.3 is 19.7 Å². The molecule has 1 aliphatic rings. The predicted molar refractivity (Wildman–Crippen MR) is 149 cm³/mol. The molecule has 3 N–H and O–H groups in total. The van der Waals surface area contributed by atoms with E-state index in [1.807, 2.05) is 37.3 Å². The van der Waals surface area contributed by atoms with Crippen LogP contribution in [0.15, 0.2) is 54.6 Å². The van der Waals surface area contributed by atoms with E-state index in [0.29, 0.717) is 30.9 Å². The molecule has 2 aromatic carbocycles. The lowest BCUT2D eigenvalue weighted by molar-refractivity contribution is -0.130. The van der Waals surface area contributed by atoms with Crippen LogP contribution < -0.4 is 15.5 Å². The van der Waals surface area contributed by atoms with Crippen LogP contribution in [-0.4, -0.2) is 57.7 Å². The molecule has 0 radical (unpaired) electrons. The van der Waals surface area contributed by atoms with Crippen LogP contribution in [0.2, 0.25) is 0 Å². The van der Waals surface area contributed by atoms with Crippen LogP contribution in [0.3, 0.4) is 0 Å². The topological polar surface area (TPSA) is 130 Å². The van der Waals surface area contributed by atoms with E-state index >= 15 is 0 Å². The minimum atomic E-state index is -0.652. The Morgan fingerprint density at radius 1 is 1.10 bits per heavy atom. The maximum Gasteiger partial charge on any atom is 0.410 e. The van der Waals surface area contributed by atoms with E-state index in [4.69, 9.17) is 14.7 Å². The zero-order valence-corrected chi connectivity index (χ0v) is 23.3. The molecular formula is C30H36N4O6. The maximum absolute atomic E-state index is 13.1. The second-order valence-corrected chi connectivity index (χ2v) is 11.0. The monoisotopic (exact) mass is 548 g/mol. The number of hydrogen-bond donors (Lipinski definition) is 3. The number of likely N-dealkylation sites (tertiary alicyclic amines) is 1. The molecule has 3 amide bonds. The minimum absolute atomic E-state index is 0.0588. The first-order valence-corrected chi connectivity index (χ1v) is 13.3. The lowest BCUT2D eigenvalue weighted by Crippen LogP contribution is -2.54. The lowest BCUT2D eigenvalue weighted by atomic mass is 9.89. The highest BCUT2D eigenvalue weighted by Gasteiger charge is 2.35. The molecule has 3 aromatic rings. The van der Waals surface area contributed by atoms with Gasteiger partial charge in [0.15, 0.2) is 0 Å². The van der Waals surface area contributed by atoms with Crippen molar-refractivity contribution in [3.8, 4) is 5.75 Å². The van der Waals surface area contributed by atoms with E-state index in [9.17, 15) is 14.4 Å². The first kappa shape index (κ1) is 28.8. The highest BCUT2D eigenvalue weighted by Crippen LogP contribution is 2.24. The Morgan fingerprint density at radius 3 is 2.52 bits per heavy atom. The Labute approximate surface area is 233 Å². The number of nitrogens with one attached hydrogen (secondary N) is 2. The number of rotatable bonds is 7. The van der Waals surface area contributed by atoms with E-state index in [1.54, 1.807) is 50.5 Å². The molecule has 212 valence electrons. The fourth-order valence-electron chi connectivity index (χ4n) is 4.83. The smallest absolute Gasteiger partial charge is 0.410 e. The van der Waals surface area contributed by atoms with Crippen molar-refractivity contribution in [2.75, 3.05) is 13.1 Å². The average molecular weight is 549 g/mol. The molecule has 1 fully saturated rings. The van der Waals surface area contributed by atoms with Crippen LogP contribution in [-0.2, 0) is 16.1 Å². The number of aryl methyl sites for hydroxylation is 1. The largest absolute Gasteiger partial charge is 0.489 e. The summed E-state index contributed by atoms with van der Waals surface area (Å²) in [5.74, 6) is -0.668. The zero-order valence-electron chi connectivity index (χ0n) is 23.3. The number of carbonyl (C=O) groups excluding carboxylic acids is 3. The molecule has 1 saturated heterocycles. The van der Waals surface area contributed by atoms with E-state index in [2.05, 4.69) is 10.3 Å². The molecule has 0 saturated carbocycles. The van der Waals surface area contributed by atoms with Crippen molar-refractivity contribution in [1.82, 2.24) is 20.7 Å². The first-order chi connectivity index (χ1) is 19.0. The van der Waals surface area contributed by atoms with Gasteiger partial charge in [0.2, 0.25) is 5.91 Å². The summed E-state index contributed by atoms with van der Waals surface area (Å²) >= 11 is 0. The van der Waals surface area contributed by atoms with Gasteiger partial charge in [-0.05, 0) is 70.5 Å². The van der Waals surface area contributed by atoms with Gasteiger partial charge in [0, 0.05) is 53.7 Å². The molecule has 10 nitrogen and oxygen atoms in total. The molecule has 0 aliphatic carbocycles. The van der Waals surface area contributed by atoms with E-state index in [1.165, 1.54) is 4.90 Å². The van der Waals surface area contributed by atoms with Gasteiger partial charge in [-0.3, -0.25) is 19.8 Å². The third-order valence-electron chi connectivity index (χ3n) is 6.72. The third kappa shape index (κ3) is 7.47. The van der Waals surface area contributed by atoms with Gasteiger partial charge >= 0.3 is 6.09 Å². The van der Waals surface area contributed by atoms with Gasteiger partial charge in [0.25, 0.3) is 5.91 Å². The number of hydroxylamine groups is 1. The summed E-state index contributed by atoms with van der Waals surface area (Å²) in [6.07, 6.45) is -0.0943. The van der Waals surface area contributed by atoms with Crippen molar-refractivity contribution in [3.63, 3.8) is 0 Å². The van der Waals surface area contributed by atoms with Crippen LogP contribution in [0.5, 0.6) is 5.75 Å². The Hall–Kier alpha value is -4.18. The second kappa shape index (κ2) is 12.3. The van der Waals surface area contributed by atoms with Crippen LogP contribution in [0.1, 0.15) is 55.2 Å². The summed E-state index contributed by atoms with van der Waals surface area (Å²) in [4.78, 5) is 43.7. The van der Waals surface area contributed by atoms with Crippen molar-refractivity contribution in [2.45, 2.75) is 58.8 Å². The summed E-state index contributed by atoms with van der Waals surface area (Å²) < 4.78 is 11.5. The van der Waals surface area contributed by atoms with Crippen LogP contribution >= 0.6 is 0 Å². The number of carbonyl (C=O) groups is 3. The SMILES string of the molecule is Cc1cc(COc2ccc(C(=O)N[C@H]3CCN(C(=O)OC(C)(C)C)C[C@@H]3CC(=O)NO)cc2)c2ccccc2n1. The fraction of sp³-hybridized carbons (Fsp3) is 0.400. The summed E-state index contributed by atoms with van der Waals surface area (Å²) in [5.41, 5.74) is 4.29. The van der Waals surface area contributed by atoms with Crippen LogP contribution in [0.25, 0.3) is 10.9 Å². The molecule has 2 atom stereocenters. The van der Waals surface area contributed by atoms with Crippen LogP contribution in [0, 0.1) is 12.8 Å². The number of piperidine rings is 1. The van der Waals surface area contributed by atoms with Gasteiger partial charge in [0.1, 0.15) is 18.0 Å². The Morgan fingerprint density at radius 2 is 1.82 bits per heavy atom. The Balaban J connectivity index is 1.38. The molecule has 1 aliphatic heterocycles. The Bertz CT molecular complexity index is 1370. The number of hydrogen-bond acceptors (Lipinski definition) is 7. The van der Waals surface area contributed by atoms with Crippen molar-refractivity contribution in [3.05, 3.63) is 71.4 Å². The van der Waals surface area contributed by atoms with Gasteiger partial charge in [0.05, 0.1) is 5.52 Å². The highest BCUT2D eigenvalue weighted by atomic mass is 16.6. The molecule has 0 spiro atoms. The van der Waals surface area contributed by atoms with E-state index in [-0.39, 0.29) is 24.9 Å². The molecule has 2 heterocycles. The fourth-order valence-corrected chi connectivity index (χ4v) is 4.83. The Kier molecular flexibility index (Phi) is 8.89. The number of nitrogens with zero attached hydrogens (tertiary/aromatic N) is 2. The van der Waals surface area contributed by atoms with Gasteiger partial charge in [-0.15, -0.1) is 0 Å². The highest BCUT2D eigenvalue weighted by molar-refractivity contribution is 5.94. The quantitative estimate of drug-likeness (QED) is 0.295. The number of benzene rings is 2. The summed E-state index contributed by atoms with van der Waals surface area (Å²) in [6, 6.07) is 16.4. The van der Waals surface area contributed by atoms with Crippen molar-refractivity contribution in [1.29, 1.82) is 0 Å². The zero-order chi connectivity index (χ0) is 28.9. The van der Waals surface area contributed by atoms with E-state index < -0.39 is 23.5 Å². The van der Waals surface area contributed by atoms with Crippen molar-refractivity contribution >= 4 is 28.8 Å². The summed E-state index contributed by atoms with van der Waals surface area (Å²) in [6.45, 7) is 8.24. The predicted octanol–water partition coefficient (Wildman–Crippen LogP) is 4.37. The molecule has 4 rings (SSSR count). The van der Waals surface area contributed by atoms with Crippen molar-refractivity contribution < 1.29 is 29.1 Å². The maximum atomic E-state index is 13.1. The number of fused-ring (bicyclic) bond motifs is 1. The van der Waals surface area contributed by atoms with Crippen molar-refractivity contribution in [2.24, 2.45) is 5.92 Å². The first-order valence-electron chi connectivity index (χ1n) is 13.3. The van der Waals surface area contributed by atoms with Crippen LogP contribution in [0.4, 0.5) is 4.79 Å². The number of amides is 3. The summed E-state index contributed by atoms with van der Waals surface area (Å²) in [7, 11) is 0. The normalized spacial score (nSPS) is 17.3. The third-order valence-corrected chi connectivity index (χ3v) is 6.72. The second-order valence-electron chi connectivity index (χ2n) is 11.0. The number of ether oxygens (including phenoxy) is 2. The number of para-hydroxylation sites is 1. The molecule has 0 bridgehead atoms.